The molecule has 6 heteroatoms. The minimum absolute atomic E-state index is 0.237. The first kappa shape index (κ1) is 16.5. The van der Waals surface area contributed by atoms with Crippen LogP contribution in [-0.4, -0.2) is 55.3 Å². The topological polar surface area (TPSA) is 52.4 Å². The summed E-state index contributed by atoms with van der Waals surface area (Å²) in [7, 11) is 2.22. The number of aryl methyl sites for hydroxylation is 1. The molecule has 0 N–H and O–H groups in total. The Labute approximate surface area is 142 Å². The second-order valence-corrected chi connectivity index (χ2v) is 6.94. The van der Waals surface area contributed by atoms with Gasteiger partial charge in [-0.2, -0.15) is 5.26 Å². The predicted molar refractivity (Wildman–Crippen MR) is 90.9 cm³/mol. The summed E-state index contributed by atoms with van der Waals surface area (Å²) in [6.45, 7) is 6.37. The van der Waals surface area contributed by atoms with E-state index < -0.39 is 0 Å². The predicted octanol–water partition coefficient (Wildman–Crippen LogP) is 2.61. The normalized spacial score (nSPS) is 21.9. The molecule has 0 aliphatic carbocycles. The highest BCUT2D eigenvalue weighted by Gasteiger charge is 2.38. The van der Waals surface area contributed by atoms with Gasteiger partial charge in [0.15, 0.2) is 0 Å². The molecular weight excluding hydrogens is 312 g/mol. The van der Waals surface area contributed by atoms with Crippen molar-refractivity contribution >= 4 is 17.4 Å². The van der Waals surface area contributed by atoms with Crippen LogP contribution in [-0.2, 0) is 4.74 Å². The van der Waals surface area contributed by atoms with Crippen LogP contribution in [0.15, 0.2) is 6.07 Å². The van der Waals surface area contributed by atoms with Crippen molar-refractivity contribution in [1.29, 1.82) is 5.26 Å². The summed E-state index contributed by atoms with van der Waals surface area (Å²) < 4.78 is 5.55. The molecule has 0 unspecified atom stereocenters. The van der Waals surface area contributed by atoms with Gasteiger partial charge in [0.2, 0.25) is 0 Å². The Hall–Kier alpha value is -1.35. The van der Waals surface area contributed by atoms with E-state index in [-0.39, 0.29) is 5.54 Å². The summed E-state index contributed by atoms with van der Waals surface area (Å²) in [4.78, 5) is 9.34. The fourth-order valence-corrected chi connectivity index (χ4v) is 3.92. The summed E-state index contributed by atoms with van der Waals surface area (Å²) in [5.74, 6) is 0.806. The second kappa shape index (κ2) is 6.64. The van der Waals surface area contributed by atoms with Crippen molar-refractivity contribution in [2.24, 2.45) is 0 Å². The van der Waals surface area contributed by atoms with E-state index >= 15 is 0 Å². The van der Waals surface area contributed by atoms with Gasteiger partial charge in [0, 0.05) is 38.4 Å². The smallest absolute Gasteiger partial charge is 0.147 e. The number of nitrogens with zero attached hydrogens (tertiary/aromatic N) is 4. The second-order valence-electron chi connectivity index (χ2n) is 6.53. The molecule has 2 aliphatic rings. The number of rotatable bonds is 1. The molecule has 3 rings (SSSR count). The molecule has 1 aromatic rings. The van der Waals surface area contributed by atoms with Gasteiger partial charge in [-0.1, -0.05) is 11.6 Å². The molecule has 2 saturated heterocycles. The first-order chi connectivity index (χ1) is 11.1. The van der Waals surface area contributed by atoms with Gasteiger partial charge in [-0.05, 0) is 39.3 Å². The molecule has 23 heavy (non-hydrogen) atoms. The fourth-order valence-electron chi connectivity index (χ4n) is 3.65. The van der Waals surface area contributed by atoms with Gasteiger partial charge in [0.1, 0.15) is 11.9 Å². The van der Waals surface area contributed by atoms with E-state index in [0.29, 0.717) is 10.6 Å². The van der Waals surface area contributed by atoms with Crippen LogP contribution in [0.25, 0.3) is 0 Å². The minimum Gasteiger partial charge on any atom is -0.381 e. The summed E-state index contributed by atoms with van der Waals surface area (Å²) in [5, 5.41) is 9.68. The first-order valence-electron chi connectivity index (χ1n) is 8.17. The molecule has 0 aromatic carbocycles. The number of hydrogen-bond donors (Lipinski definition) is 0. The highest BCUT2D eigenvalue weighted by molar-refractivity contribution is 6.33. The molecule has 2 fully saturated rings. The van der Waals surface area contributed by atoms with E-state index in [1.165, 1.54) is 0 Å². The van der Waals surface area contributed by atoms with E-state index in [9.17, 15) is 0 Å². The summed E-state index contributed by atoms with van der Waals surface area (Å²) in [5.41, 5.74) is 1.53. The Morgan fingerprint density at radius 3 is 2.70 bits per heavy atom. The van der Waals surface area contributed by atoms with Gasteiger partial charge in [-0.15, -0.1) is 0 Å². The number of anilines is 1. The Kier molecular flexibility index (Phi) is 4.77. The summed E-state index contributed by atoms with van der Waals surface area (Å²) in [6.07, 6.45) is 3.26. The first-order valence-corrected chi connectivity index (χ1v) is 8.55. The number of hydrogen-bond acceptors (Lipinski definition) is 5. The van der Waals surface area contributed by atoms with Crippen molar-refractivity contribution in [2.75, 3.05) is 44.8 Å². The lowest BCUT2D eigenvalue weighted by Gasteiger charge is -2.43. The third-order valence-corrected chi connectivity index (χ3v) is 5.63. The van der Waals surface area contributed by atoms with Crippen LogP contribution in [0.5, 0.6) is 0 Å². The number of pyridine rings is 1. The van der Waals surface area contributed by atoms with E-state index in [2.05, 4.69) is 27.9 Å². The lowest BCUT2D eigenvalue weighted by atomic mass is 9.85. The monoisotopic (exact) mass is 334 g/mol. The molecule has 1 aromatic heterocycles. The van der Waals surface area contributed by atoms with E-state index in [4.69, 9.17) is 21.6 Å². The molecule has 0 atom stereocenters. The number of ether oxygens (including phenoxy) is 1. The molecule has 1 spiro atoms. The van der Waals surface area contributed by atoms with Crippen molar-refractivity contribution in [3.05, 3.63) is 22.3 Å². The van der Waals surface area contributed by atoms with Crippen molar-refractivity contribution in [3.63, 3.8) is 0 Å². The number of nitriles is 1. The van der Waals surface area contributed by atoms with Crippen molar-refractivity contribution < 1.29 is 4.74 Å². The van der Waals surface area contributed by atoms with Gasteiger partial charge in [-0.25, -0.2) is 4.98 Å². The number of halogens is 1. The zero-order chi connectivity index (χ0) is 16.4. The van der Waals surface area contributed by atoms with Crippen LogP contribution in [0.4, 0.5) is 5.82 Å². The average molecular weight is 335 g/mol. The fraction of sp³-hybridized carbons (Fsp3) is 0.647. The lowest BCUT2D eigenvalue weighted by Crippen LogP contribution is -2.50. The number of likely N-dealkylation sites (N-methyl/N-ethyl adjacent to an activating group) is 1. The van der Waals surface area contributed by atoms with Crippen LogP contribution in [0, 0.1) is 18.3 Å². The summed E-state index contributed by atoms with van der Waals surface area (Å²) >= 11 is 6.39. The van der Waals surface area contributed by atoms with Crippen molar-refractivity contribution in [2.45, 2.75) is 31.7 Å². The Bertz CT molecular complexity index is 622. The largest absolute Gasteiger partial charge is 0.381 e. The maximum Gasteiger partial charge on any atom is 0.147 e. The quantitative estimate of drug-likeness (QED) is 0.790. The SMILES string of the molecule is Cc1nc(N2CCN(C)C3(CCOCC3)CC2)c(Cl)cc1C#N. The molecular formula is C17H23ClN4O. The molecule has 124 valence electrons. The standard InChI is InChI=1S/C17H23ClN4O/c1-13-14(12-19)11-15(18)16(20-13)22-6-3-17(21(2)7-8-22)4-9-23-10-5-17/h11H,3-10H2,1-2H3. The Morgan fingerprint density at radius 1 is 1.26 bits per heavy atom. The lowest BCUT2D eigenvalue weighted by molar-refractivity contribution is -0.0157. The molecule has 0 amide bonds. The molecule has 2 aliphatic heterocycles. The van der Waals surface area contributed by atoms with E-state index in [1.54, 1.807) is 6.07 Å². The average Bonchev–Trinajstić information content (AvgIpc) is 2.71. The minimum atomic E-state index is 0.237. The van der Waals surface area contributed by atoms with Gasteiger partial charge >= 0.3 is 0 Å². The third-order valence-electron chi connectivity index (χ3n) is 5.35. The van der Waals surface area contributed by atoms with Crippen LogP contribution < -0.4 is 4.90 Å². The highest BCUT2D eigenvalue weighted by Crippen LogP contribution is 2.34. The van der Waals surface area contributed by atoms with Gasteiger partial charge in [-0.3, -0.25) is 4.90 Å². The van der Waals surface area contributed by atoms with Gasteiger partial charge in [0.05, 0.1) is 16.3 Å². The Balaban J connectivity index is 1.83. The van der Waals surface area contributed by atoms with E-state index in [1.807, 2.05) is 6.92 Å². The molecule has 0 saturated carbocycles. The van der Waals surface area contributed by atoms with Crippen molar-refractivity contribution in [3.8, 4) is 6.07 Å². The zero-order valence-electron chi connectivity index (χ0n) is 13.8. The van der Waals surface area contributed by atoms with Gasteiger partial charge < -0.3 is 9.64 Å². The highest BCUT2D eigenvalue weighted by atomic mass is 35.5. The van der Waals surface area contributed by atoms with Gasteiger partial charge in [0.25, 0.3) is 0 Å². The maximum atomic E-state index is 9.11. The van der Waals surface area contributed by atoms with Crippen LogP contribution >= 0.6 is 11.6 Å². The summed E-state index contributed by atoms with van der Waals surface area (Å²) in [6, 6.07) is 3.88. The number of aromatic nitrogens is 1. The molecule has 3 heterocycles. The van der Waals surface area contributed by atoms with Crippen molar-refractivity contribution in [1.82, 2.24) is 9.88 Å². The van der Waals surface area contributed by atoms with Crippen LogP contribution in [0.1, 0.15) is 30.5 Å². The molecule has 0 radical (unpaired) electrons. The van der Waals surface area contributed by atoms with Crippen LogP contribution in [0.2, 0.25) is 5.02 Å². The molecule has 5 nitrogen and oxygen atoms in total. The Morgan fingerprint density at radius 2 is 2.00 bits per heavy atom. The van der Waals surface area contributed by atoms with Crippen LogP contribution in [0.3, 0.4) is 0 Å². The zero-order valence-corrected chi connectivity index (χ0v) is 14.6. The third kappa shape index (κ3) is 3.16. The maximum absolute atomic E-state index is 9.11. The molecule has 0 bridgehead atoms. The van der Waals surface area contributed by atoms with E-state index in [0.717, 1.165) is 63.6 Å².